The van der Waals surface area contributed by atoms with Crippen molar-refractivity contribution in [1.82, 2.24) is 14.3 Å². The number of carbonyl (C=O) groups excluding carboxylic acids is 1. The molecule has 3 rings (SSSR count). The Bertz CT molecular complexity index is 493. The van der Waals surface area contributed by atoms with E-state index in [1.54, 1.807) is 0 Å². The van der Waals surface area contributed by atoms with E-state index in [1.807, 2.05) is 11.8 Å². The highest BCUT2D eigenvalue weighted by Gasteiger charge is 2.24. The van der Waals surface area contributed by atoms with E-state index in [1.165, 1.54) is 0 Å². The normalized spacial score (nSPS) is 25.5. The van der Waals surface area contributed by atoms with Crippen LogP contribution in [0.2, 0.25) is 0 Å². The van der Waals surface area contributed by atoms with Gasteiger partial charge in [-0.2, -0.15) is 9.36 Å². The van der Waals surface area contributed by atoms with Crippen LogP contribution in [0.3, 0.4) is 0 Å². The Balaban J connectivity index is 1.45. The summed E-state index contributed by atoms with van der Waals surface area (Å²) in [6.45, 7) is 4.41. The maximum atomic E-state index is 12.0. The van der Waals surface area contributed by atoms with Gasteiger partial charge in [0.05, 0.1) is 6.61 Å². The molecule has 2 saturated heterocycles. The fraction of sp³-hybridized carbons (Fsp3) is 0.750. The molecule has 1 amide bonds. The van der Waals surface area contributed by atoms with Crippen LogP contribution in [0.15, 0.2) is 5.16 Å². The number of likely N-dealkylation sites (tertiary alicyclic amines) is 1. The van der Waals surface area contributed by atoms with Crippen LogP contribution in [0.4, 0.5) is 4.79 Å². The number of hydrogen-bond donors (Lipinski definition) is 0. The van der Waals surface area contributed by atoms with Gasteiger partial charge in [-0.25, -0.2) is 0 Å². The number of carbonyl (C=O) groups is 1. The minimum absolute atomic E-state index is 0.0122. The van der Waals surface area contributed by atoms with Crippen molar-refractivity contribution in [3.05, 3.63) is 0 Å². The minimum atomic E-state index is -0.183. The van der Waals surface area contributed by atoms with Gasteiger partial charge in [0.15, 0.2) is 6.29 Å². The Labute approximate surface area is 131 Å². The number of nitrogens with zero attached hydrogens (tertiary/aromatic N) is 3. The van der Waals surface area contributed by atoms with Gasteiger partial charge < -0.3 is 19.1 Å². The van der Waals surface area contributed by atoms with Gasteiger partial charge in [0.2, 0.25) is 5.16 Å². The average Bonchev–Trinajstić information content (AvgIpc) is 3.17. The molecule has 0 saturated carbocycles. The minimum Gasteiger partial charge on any atom is -0.466 e. The predicted molar refractivity (Wildman–Crippen MR) is 77.8 cm³/mol. The molecule has 0 aromatic carbocycles. The van der Waals surface area contributed by atoms with E-state index < -0.39 is 0 Å². The third-order valence-corrected chi connectivity index (χ3v) is 4.77. The molecule has 116 valence electrons. The summed E-state index contributed by atoms with van der Waals surface area (Å²) in [5.74, 6) is 0. The molecule has 0 spiro atoms. The summed E-state index contributed by atoms with van der Waals surface area (Å²) in [6, 6.07) is 0. The SMILES string of the molecule is CC1OCC(COc2nc(SC(=O)N3CCCC3)ns2)O1. The fourth-order valence-electron chi connectivity index (χ4n) is 2.18. The van der Waals surface area contributed by atoms with Crippen molar-refractivity contribution in [2.75, 3.05) is 26.3 Å². The van der Waals surface area contributed by atoms with Gasteiger partial charge in [0.25, 0.3) is 10.4 Å². The van der Waals surface area contributed by atoms with Crippen molar-refractivity contribution in [2.45, 2.75) is 37.3 Å². The molecule has 2 aliphatic rings. The van der Waals surface area contributed by atoms with Gasteiger partial charge in [-0.05, 0) is 19.8 Å². The Morgan fingerprint density at radius 3 is 3.05 bits per heavy atom. The van der Waals surface area contributed by atoms with Gasteiger partial charge in [-0.3, -0.25) is 4.79 Å². The van der Waals surface area contributed by atoms with Crippen LogP contribution in [0, 0.1) is 0 Å². The molecule has 2 fully saturated rings. The van der Waals surface area contributed by atoms with Gasteiger partial charge in [0.1, 0.15) is 12.7 Å². The van der Waals surface area contributed by atoms with Crippen LogP contribution in [0.25, 0.3) is 0 Å². The molecular weight excluding hydrogens is 314 g/mol. The number of amides is 1. The Morgan fingerprint density at radius 1 is 1.52 bits per heavy atom. The van der Waals surface area contributed by atoms with Crippen molar-refractivity contribution in [2.24, 2.45) is 0 Å². The average molecular weight is 331 g/mol. The van der Waals surface area contributed by atoms with Gasteiger partial charge in [-0.1, -0.05) is 0 Å². The van der Waals surface area contributed by atoms with Gasteiger partial charge in [0, 0.05) is 36.4 Å². The molecule has 0 radical (unpaired) electrons. The zero-order chi connectivity index (χ0) is 14.7. The molecule has 2 unspecified atom stereocenters. The first-order chi connectivity index (χ1) is 10.2. The Kier molecular flexibility index (Phi) is 4.94. The summed E-state index contributed by atoms with van der Waals surface area (Å²) in [5, 5.41) is 0.914. The van der Waals surface area contributed by atoms with E-state index in [4.69, 9.17) is 14.2 Å². The number of rotatable bonds is 4. The zero-order valence-electron chi connectivity index (χ0n) is 11.7. The van der Waals surface area contributed by atoms with E-state index in [-0.39, 0.29) is 17.6 Å². The maximum Gasteiger partial charge on any atom is 0.294 e. The van der Waals surface area contributed by atoms with Crippen LogP contribution in [-0.4, -0.2) is 58.2 Å². The molecule has 7 nitrogen and oxygen atoms in total. The summed E-state index contributed by atoms with van der Waals surface area (Å²) in [4.78, 5) is 18.0. The lowest BCUT2D eigenvalue weighted by molar-refractivity contribution is -0.0487. The summed E-state index contributed by atoms with van der Waals surface area (Å²) in [5.41, 5.74) is 0. The van der Waals surface area contributed by atoms with E-state index >= 15 is 0 Å². The number of ether oxygens (including phenoxy) is 3. The molecular formula is C12H17N3O4S2. The molecule has 2 aliphatic heterocycles. The summed E-state index contributed by atoms with van der Waals surface area (Å²) < 4.78 is 20.4. The second kappa shape index (κ2) is 6.91. The van der Waals surface area contributed by atoms with E-state index in [0.29, 0.717) is 23.6 Å². The molecule has 0 bridgehead atoms. The monoisotopic (exact) mass is 331 g/mol. The van der Waals surface area contributed by atoms with Crippen LogP contribution in [0.5, 0.6) is 5.19 Å². The molecule has 9 heteroatoms. The van der Waals surface area contributed by atoms with E-state index in [9.17, 15) is 4.79 Å². The topological polar surface area (TPSA) is 73.8 Å². The molecule has 21 heavy (non-hydrogen) atoms. The summed E-state index contributed by atoms with van der Waals surface area (Å²) >= 11 is 2.21. The molecule has 3 heterocycles. The van der Waals surface area contributed by atoms with Crippen LogP contribution >= 0.6 is 23.3 Å². The van der Waals surface area contributed by atoms with E-state index in [0.717, 1.165) is 49.2 Å². The highest BCUT2D eigenvalue weighted by Crippen LogP contribution is 2.26. The first-order valence-electron chi connectivity index (χ1n) is 6.91. The van der Waals surface area contributed by atoms with Crippen molar-refractivity contribution in [1.29, 1.82) is 0 Å². The summed E-state index contributed by atoms with van der Waals surface area (Å²) in [7, 11) is 0. The third kappa shape index (κ3) is 4.06. The van der Waals surface area contributed by atoms with Crippen LogP contribution in [0.1, 0.15) is 19.8 Å². The van der Waals surface area contributed by atoms with Gasteiger partial charge >= 0.3 is 0 Å². The number of thioether (sulfide) groups is 1. The quantitative estimate of drug-likeness (QED) is 0.781. The molecule has 1 aromatic rings. The second-order valence-electron chi connectivity index (χ2n) is 4.88. The summed E-state index contributed by atoms with van der Waals surface area (Å²) in [6.07, 6.45) is 1.89. The number of aromatic nitrogens is 2. The molecule has 0 aliphatic carbocycles. The van der Waals surface area contributed by atoms with Crippen molar-refractivity contribution in [3.8, 4) is 5.19 Å². The molecule has 2 atom stereocenters. The van der Waals surface area contributed by atoms with Crippen molar-refractivity contribution >= 4 is 28.5 Å². The standard InChI is InChI=1S/C12H17N3O4S2/c1-8-17-6-9(19-8)7-18-11-13-10(14-21-11)20-12(16)15-4-2-3-5-15/h8-9H,2-7H2,1H3. The Hall–Kier alpha value is -0.900. The lowest BCUT2D eigenvalue weighted by Crippen LogP contribution is -2.23. The Morgan fingerprint density at radius 2 is 2.33 bits per heavy atom. The van der Waals surface area contributed by atoms with E-state index in [2.05, 4.69) is 9.36 Å². The first-order valence-corrected chi connectivity index (χ1v) is 8.50. The van der Waals surface area contributed by atoms with Gasteiger partial charge in [-0.15, -0.1) is 0 Å². The maximum absolute atomic E-state index is 12.0. The fourth-order valence-corrected chi connectivity index (χ4v) is 3.54. The third-order valence-electron chi connectivity index (χ3n) is 3.23. The number of hydrogen-bond acceptors (Lipinski definition) is 8. The van der Waals surface area contributed by atoms with Crippen LogP contribution in [-0.2, 0) is 9.47 Å². The lowest BCUT2D eigenvalue weighted by atomic mass is 10.4. The van der Waals surface area contributed by atoms with Crippen LogP contribution < -0.4 is 4.74 Å². The van der Waals surface area contributed by atoms with Crippen molar-refractivity contribution < 1.29 is 19.0 Å². The van der Waals surface area contributed by atoms with Crippen molar-refractivity contribution in [3.63, 3.8) is 0 Å². The second-order valence-corrected chi connectivity index (χ2v) is 6.51. The smallest absolute Gasteiger partial charge is 0.294 e. The molecule has 0 N–H and O–H groups in total. The highest BCUT2D eigenvalue weighted by molar-refractivity contribution is 8.13. The highest BCUT2D eigenvalue weighted by atomic mass is 32.2. The largest absolute Gasteiger partial charge is 0.466 e. The first kappa shape index (κ1) is 15.0. The predicted octanol–water partition coefficient (Wildman–Crippen LogP) is 1.99. The lowest BCUT2D eigenvalue weighted by Gasteiger charge is -2.12. The molecule has 1 aromatic heterocycles. The zero-order valence-corrected chi connectivity index (χ0v) is 13.3.